The maximum atomic E-state index is 11.3. The van der Waals surface area contributed by atoms with Crippen LogP contribution in [0, 0.1) is 11.3 Å². The van der Waals surface area contributed by atoms with Crippen molar-refractivity contribution in [3.63, 3.8) is 0 Å². The lowest BCUT2D eigenvalue weighted by atomic mass is 10.1. The summed E-state index contributed by atoms with van der Waals surface area (Å²) in [6.45, 7) is 0. The van der Waals surface area contributed by atoms with Gasteiger partial charge in [0.25, 0.3) is 17.9 Å². The number of halogens is 1. The van der Waals surface area contributed by atoms with E-state index in [1.807, 2.05) is 60.7 Å². The number of hydrogen-bond donors (Lipinski definition) is 8. The van der Waals surface area contributed by atoms with Gasteiger partial charge in [-0.15, -0.1) is 34.0 Å². The van der Waals surface area contributed by atoms with Crippen LogP contribution in [0.3, 0.4) is 0 Å². The number of fused-ring (bicyclic) bond motifs is 3. The van der Waals surface area contributed by atoms with Crippen LogP contribution in [0.15, 0.2) is 78.0 Å². The highest BCUT2D eigenvalue weighted by molar-refractivity contribution is 8.09. The van der Waals surface area contributed by atoms with Gasteiger partial charge in [0.05, 0.1) is 32.4 Å². The molecule has 20 nitrogen and oxygen atoms in total. The van der Waals surface area contributed by atoms with E-state index in [0.717, 1.165) is 36.3 Å². The average molecular weight is 873 g/mol. The number of anilines is 3. The molecule has 0 bridgehead atoms. The van der Waals surface area contributed by atoms with E-state index < -0.39 is 37.6 Å². The fourth-order valence-corrected chi connectivity index (χ4v) is 7.24. The normalized spacial score (nSPS) is 10.3. The second-order valence-corrected chi connectivity index (χ2v) is 15.6. The molecule has 6 rings (SSSR count). The first-order valence-corrected chi connectivity index (χ1v) is 19.9. The Hall–Kier alpha value is -5.91. The Morgan fingerprint density at radius 1 is 0.745 bits per heavy atom. The van der Waals surface area contributed by atoms with Gasteiger partial charge in [-0.3, -0.25) is 24.0 Å². The van der Waals surface area contributed by atoms with Crippen molar-refractivity contribution in [1.82, 2.24) is 0 Å². The van der Waals surface area contributed by atoms with Gasteiger partial charge >= 0.3 is 25.8 Å². The number of carbonyl (C=O) groups is 3. The van der Waals surface area contributed by atoms with Crippen molar-refractivity contribution in [2.75, 3.05) is 16.8 Å². The molecule has 0 aliphatic carbocycles. The molecule has 4 amide bonds. The molecule has 13 N–H and O–H groups in total. The van der Waals surface area contributed by atoms with Gasteiger partial charge in [-0.05, 0) is 22.5 Å². The number of amides is 4. The highest BCUT2D eigenvalue weighted by Gasteiger charge is 2.17. The molecule has 0 saturated carbocycles. The lowest BCUT2D eigenvalue weighted by Gasteiger charge is -1.99. The van der Waals surface area contributed by atoms with E-state index in [0.29, 0.717) is 31.7 Å². The van der Waals surface area contributed by atoms with Crippen LogP contribution in [0.5, 0.6) is 0 Å². The summed E-state index contributed by atoms with van der Waals surface area (Å²) in [5.74, 6) is -1.05. The van der Waals surface area contributed by atoms with Crippen LogP contribution in [-0.2, 0) is 33.8 Å². The molecule has 290 valence electrons. The first-order valence-electron chi connectivity index (χ1n) is 13.9. The molecule has 0 aliphatic rings. The molecule has 0 saturated heterocycles. The van der Waals surface area contributed by atoms with E-state index in [1.54, 1.807) is 12.1 Å². The molecule has 6 aromatic rings. The number of primary amides is 3. The summed E-state index contributed by atoms with van der Waals surface area (Å²) >= 11 is 4.11. The molecule has 3 heterocycles. The third-order valence-electron chi connectivity index (χ3n) is 5.87. The first-order chi connectivity index (χ1) is 25.7. The fraction of sp³-hybridized carbons (Fsp3) is 0. The molecule has 0 radical (unpaired) electrons. The van der Waals surface area contributed by atoms with E-state index in [9.17, 15) is 22.8 Å². The number of rotatable bonds is 6. The number of isocyanates is 1. The van der Waals surface area contributed by atoms with Crippen LogP contribution in [0.25, 0.3) is 30.3 Å². The number of nitriles is 1. The van der Waals surface area contributed by atoms with E-state index in [-0.39, 0.29) is 0 Å². The number of nitrogens with one attached hydrogen (secondary N) is 1. The summed E-state index contributed by atoms with van der Waals surface area (Å²) < 4.78 is 57.3. The molecule has 0 fully saturated rings. The van der Waals surface area contributed by atoms with E-state index in [4.69, 9.17) is 56.2 Å². The first kappa shape index (κ1) is 45.2. The van der Waals surface area contributed by atoms with Gasteiger partial charge in [-0.2, -0.15) is 27.1 Å². The van der Waals surface area contributed by atoms with Crippen molar-refractivity contribution in [2.24, 2.45) is 22.4 Å². The summed E-state index contributed by atoms with van der Waals surface area (Å²) in [5, 5.41) is 17.5. The van der Waals surface area contributed by atoms with Crippen molar-refractivity contribution in [1.29, 1.82) is 5.26 Å². The summed E-state index contributed by atoms with van der Waals surface area (Å²) in [7, 11) is -4.48. The van der Waals surface area contributed by atoms with E-state index in [2.05, 4.69) is 36.5 Å². The maximum absolute atomic E-state index is 11.3. The SMILES string of the molecule is N#Cc1c(N)sc2ccccc12.NC(=O)Nc1sc2ccccc2c1C(N)=O.NC(=O)c1c(N)sc2ccccc12.O=C=NOOS(=O)(=O)Cl.O=S(=O)(O)O. The number of nitrogen functional groups attached to an aromatic ring is 2. The smallest absolute Gasteiger partial charge is 0.390 e. The predicted molar refractivity (Wildman–Crippen MR) is 208 cm³/mol. The Morgan fingerprint density at radius 3 is 1.60 bits per heavy atom. The van der Waals surface area contributed by atoms with Gasteiger partial charge < -0.3 is 28.7 Å². The van der Waals surface area contributed by atoms with Crippen molar-refractivity contribution >= 4 is 134 Å². The largest absolute Gasteiger partial charge is 0.394 e. The highest BCUT2D eigenvalue weighted by Crippen LogP contribution is 2.35. The molecule has 26 heteroatoms. The van der Waals surface area contributed by atoms with Crippen molar-refractivity contribution in [3.05, 3.63) is 89.5 Å². The van der Waals surface area contributed by atoms with Crippen molar-refractivity contribution < 1.29 is 54.4 Å². The number of urea groups is 1. The Morgan fingerprint density at radius 2 is 1.16 bits per heavy atom. The summed E-state index contributed by atoms with van der Waals surface area (Å²) in [6.07, 6.45) is 0.845. The van der Waals surface area contributed by atoms with Gasteiger partial charge in [0.2, 0.25) is 0 Å². The number of thiophene rings is 3. The third-order valence-corrected chi connectivity index (χ3v) is 9.33. The van der Waals surface area contributed by atoms with Crippen LogP contribution in [0.1, 0.15) is 26.3 Å². The van der Waals surface area contributed by atoms with Crippen LogP contribution in [-0.4, -0.2) is 49.9 Å². The van der Waals surface area contributed by atoms with Gasteiger partial charge in [0.1, 0.15) is 16.1 Å². The number of nitrogens with two attached hydrogens (primary N) is 5. The van der Waals surface area contributed by atoms with E-state index >= 15 is 0 Å². The summed E-state index contributed by atoms with van der Waals surface area (Å²) in [5.41, 5.74) is 28.2. The lowest BCUT2D eigenvalue weighted by molar-refractivity contribution is -0.199. The molecule has 0 aliphatic heterocycles. The molecule has 3 aromatic carbocycles. The fourth-order valence-electron chi connectivity index (χ4n) is 4.06. The Bertz CT molecular complexity index is 2640. The van der Waals surface area contributed by atoms with Crippen LogP contribution < -0.4 is 34.0 Å². The standard InChI is InChI=1S/C10H9N3O2S.C9H8N2OS.C9H6N2S.CClNO5S.H2O4S/c11-8(14)7-5-3-1-2-4-6(5)16-9(7)13-10(12)15;10-8(12)7-5-3-1-2-4-6(5)13-9(7)11;10-5-7-6-3-1-2-4-8(6)12-9(7)11;2-9(5,6)8-7-3-1-4;1-5(2,3)4/h1-4H,(H2,11,14)(H3,12,13,15);1-4H,11H2,(H2,10,12);1-4H,11H2;;(H2,1,2,3,4). The highest BCUT2D eigenvalue weighted by atomic mass is 35.7. The third kappa shape index (κ3) is 14.8. The van der Waals surface area contributed by atoms with Gasteiger partial charge in [0.15, 0.2) is 0 Å². The Labute approximate surface area is 326 Å². The van der Waals surface area contributed by atoms with Crippen molar-refractivity contribution in [3.8, 4) is 6.07 Å². The van der Waals surface area contributed by atoms with Crippen molar-refractivity contribution in [2.45, 2.75) is 0 Å². The molecule has 0 spiro atoms. The maximum Gasteiger partial charge on any atom is 0.394 e. The molecular weight excluding hydrogens is 848 g/mol. The minimum absolute atomic E-state index is 0.305. The molecule has 3 aromatic heterocycles. The molecule has 0 unspecified atom stereocenters. The minimum Gasteiger partial charge on any atom is -0.390 e. The number of hydrogen-bond acceptors (Lipinski definition) is 17. The van der Waals surface area contributed by atoms with Gasteiger partial charge in [0, 0.05) is 35.4 Å². The number of carbonyl (C=O) groups excluding carboxylic acids is 4. The summed E-state index contributed by atoms with van der Waals surface area (Å²) in [6, 6.07) is 23.9. The minimum atomic E-state index is -4.67. The second kappa shape index (κ2) is 20.5. The number of nitrogens with zero attached hydrogens (tertiary/aromatic N) is 2. The Kier molecular flexibility index (Phi) is 16.9. The topological polar surface area (TPSA) is 374 Å². The zero-order valence-electron chi connectivity index (χ0n) is 27.1. The van der Waals surface area contributed by atoms with Gasteiger partial charge in [-0.1, -0.05) is 54.6 Å². The van der Waals surface area contributed by atoms with Crippen LogP contribution in [0.2, 0.25) is 0 Å². The lowest BCUT2D eigenvalue weighted by Crippen LogP contribution is -2.21. The zero-order valence-corrected chi connectivity index (χ0v) is 31.9. The molecular formula is C29H25ClN8O12S5. The second-order valence-electron chi connectivity index (χ2n) is 9.47. The molecule has 55 heavy (non-hydrogen) atoms. The zero-order chi connectivity index (χ0) is 41.5. The molecule has 0 atom stereocenters. The van der Waals surface area contributed by atoms with Crippen LogP contribution in [0.4, 0.5) is 19.8 Å². The summed E-state index contributed by atoms with van der Waals surface area (Å²) in [4.78, 5) is 45.6. The average Bonchev–Trinajstić information content (AvgIpc) is 3.72. The monoisotopic (exact) mass is 872 g/mol. The van der Waals surface area contributed by atoms with Crippen LogP contribution >= 0.6 is 44.7 Å². The quantitative estimate of drug-likeness (QED) is 0.0286. The Balaban J connectivity index is 0.000000247. The predicted octanol–water partition coefficient (Wildman–Crippen LogP) is 4.44. The van der Waals surface area contributed by atoms with Gasteiger partial charge in [-0.25, -0.2) is 9.59 Å². The van der Waals surface area contributed by atoms with E-state index in [1.165, 1.54) is 34.0 Å². The number of benzene rings is 3.